The van der Waals surface area contributed by atoms with Gasteiger partial charge in [-0.15, -0.1) is 0 Å². The predicted octanol–water partition coefficient (Wildman–Crippen LogP) is 2.66. The number of carbonyl (C=O) groups excluding carboxylic acids is 1. The summed E-state index contributed by atoms with van der Waals surface area (Å²) in [5.41, 5.74) is 1.07. The molecule has 6 nitrogen and oxygen atoms in total. The molecule has 1 fully saturated rings. The first-order valence-corrected chi connectivity index (χ1v) is 8.44. The number of methoxy groups -OCH3 is 1. The number of carbonyl (C=O) groups is 2. The topological polar surface area (TPSA) is 78.9 Å². The van der Waals surface area contributed by atoms with Crippen LogP contribution in [0.1, 0.15) is 37.3 Å². The van der Waals surface area contributed by atoms with Crippen LogP contribution in [-0.4, -0.2) is 48.8 Å². The molecule has 2 rings (SSSR count). The lowest BCUT2D eigenvalue weighted by molar-refractivity contribution is -0.141. The molecule has 1 heterocycles. The number of unbranched alkanes of at least 4 members (excludes halogenated alkanes) is 1. The lowest BCUT2D eigenvalue weighted by Gasteiger charge is -2.24. The molecule has 0 aliphatic carbocycles. The minimum atomic E-state index is -0.829. The van der Waals surface area contributed by atoms with Crippen LogP contribution in [-0.2, 0) is 9.53 Å². The van der Waals surface area contributed by atoms with Gasteiger partial charge in [-0.05, 0) is 31.2 Å². The van der Waals surface area contributed by atoms with Crippen LogP contribution in [0.3, 0.4) is 0 Å². The van der Waals surface area contributed by atoms with Crippen molar-refractivity contribution in [1.29, 1.82) is 0 Å². The minimum Gasteiger partial charge on any atom is -0.481 e. The summed E-state index contributed by atoms with van der Waals surface area (Å²) in [6.07, 6.45) is 3.24. The molecule has 2 amide bonds. The number of nitrogens with zero attached hydrogens (tertiary/aromatic N) is 1. The molecule has 1 aliphatic heterocycles. The van der Waals surface area contributed by atoms with Crippen LogP contribution >= 0.6 is 0 Å². The Balaban J connectivity index is 1.94. The van der Waals surface area contributed by atoms with E-state index in [-0.39, 0.29) is 18.6 Å². The van der Waals surface area contributed by atoms with Gasteiger partial charge in [0.25, 0.3) is 0 Å². The van der Waals surface area contributed by atoms with Gasteiger partial charge >= 0.3 is 12.0 Å². The average molecular weight is 334 g/mol. The average Bonchev–Trinajstić information content (AvgIpc) is 3.09. The fourth-order valence-electron chi connectivity index (χ4n) is 2.99. The van der Waals surface area contributed by atoms with E-state index in [9.17, 15) is 9.59 Å². The van der Waals surface area contributed by atoms with E-state index in [4.69, 9.17) is 9.84 Å². The molecule has 24 heavy (non-hydrogen) atoms. The van der Waals surface area contributed by atoms with Crippen molar-refractivity contribution in [2.45, 2.75) is 31.7 Å². The number of benzene rings is 1. The van der Waals surface area contributed by atoms with Crippen molar-refractivity contribution >= 4 is 12.0 Å². The Hall–Kier alpha value is -2.08. The monoisotopic (exact) mass is 334 g/mol. The van der Waals surface area contributed by atoms with Gasteiger partial charge in [0, 0.05) is 26.8 Å². The second kappa shape index (κ2) is 9.27. The standard InChI is InChI=1S/C18H26N2O4/c1-24-12-6-5-9-16(14-7-3-2-4-8-14)19-18(23)20-11-10-15(13-20)17(21)22/h2-4,7-8,15-16H,5-6,9-13H2,1H3,(H,19,23)(H,21,22). The van der Waals surface area contributed by atoms with Gasteiger partial charge in [-0.3, -0.25) is 4.79 Å². The third-order valence-electron chi connectivity index (χ3n) is 4.42. The zero-order chi connectivity index (χ0) is 17.4. The number of aliphatic carboxylic acids is 1. The first-order valence-electron chi connectivity index (χ1n) is 8.44. The smallest absolute Gasteiger partial charge is 0.317 e. The quantitative estimate of drug-likeness (QED) is 0.716. The molecule has 1 saturated heterocycles. The number of urea groups is 1. The van der Waals surface area contributed by atoms with Crippen LogP contribution in [0, 0.1) is 5.92 Å². The summed E-state index contributed by atoms with van der Waals surface area (Å²) >= 11 is 0. The third-order valence-corrected chi connectivity index (χ3v) is 4.42. The Morgan fingerprint density at radius 2 is 2.08 bits per heavy atom. The highest BCUT2D eigenvalue weighted by molar-refractivity contribution is 5.77. The van der Waals surface area contributed by atoms with E-state index in [0.29, 0.717) is 19.6 Å². The predicted molar refractivity (Wildman–Crippen MR) is 90.8 cm³/mol. The van der Waals surface area contributed by atoms with Gasteiger partial charge < -0.3 is 20.1 Å². The molecule has 0 radical (unpaired) electrons. The van der Waals surface area contributed by atoms with E-state index in [1.165, 1.54) is 0 Å². The number of amides is 2. The Labute approximate surface area is 142 Å². The molecule has 1 aromatic rings. The Morgan fingerprint density at radius 1 is 1.33 bits per heavy atom. The fourth-order valence-corrected chi connectivity index (χ4v) is 2.99. The van der Waals surface area contributed by atoms with Gasteiger partial charge in [0.15, 0.2) is 0 Å². The first-order chi connectivity index (χ1) is 11.6. The molecule has 2 unspecified atom stereocenters. The van der Waals surface area contributed by atoms with Gasteiger partial charge in [-0.25, -0.2) is 4.79 Å². The van der Waals surface area contributed by atoms with Crippen LogP contribution in [0.4, 0.5) is 4.79 Å². The SMILES string of the molecule is COCCCCC(NC(=O)N1CCC(C(=O)O)C1)c1ccccc1. The van der Waals surface area contributed by atoms with Crippen molar-refractivity contribution in [2.75, 3.05) is 26.8 Å². The minimum absolute atomic E-state index is 0.0700. The summed E-state index contributed by atoms with van der Waals surface area (Å²) in [7, 11) is 1.68. The summed E-state index contributed by atoms with van der Waals surface area (Å²) in [5, 5.41) is 12.1. The van der Waals surface area contributed by atoms with Crippen LogP contribution in [0.2, 0.25) is 0 Å². The van der Waals surface area contributed by atoms with Gasteiger partial charge in [0.05, 0.1) is 12.0 Å². The van der Waals surface area contributed by atoms with Crippen molar-refractivity contribution in [3.8, 4) is 0 Å². The van der Waals surface area contributed by atoms with E-state index < -0.39 is 11.9 Å². The van der Waals surface area contributed by atoms with Crippen molar-refractivity contribution in [3.05, 3.63) is 35.9 Å². The lowest BCUT2D eigenvalue weighted by atomic mass is 10.0. The van der Waals surface area contributed by atoms with Gasteiger partial charge in [0.1, 0.15) is 0 Å². The van der Waals surface area contributed by atoms with E-state index in [1.54, 1.807) is 12.0 Å². The van der Waals surface area contributed by atoms with Gasteiger partial charge in [-0.1, -0.05) is 30.3 Å². The summed E-state index contributed by atoms with van der Waals surface area (Å²) in [6, 6.07) is 9.63. The number of hydrogen-bond donors (Lipinski definition) is 2. The highest BCUT2D eigenvalue weighted by Gasteiger charge is 2.31. The zero-order valence-electron chi connectivity index (χ0n) is 14.1. The van der Waals surface area contributed by atoms with Crippen LogP contribution in [0.5, 0.6) is 0 Å². The number of likely N-dealkylation sites (tertiary alicyclic amines) is 1. The summed E-state index contributed by atoms with van der Waals surface area (Å²) < 4.78 is 5.07. The Morgan fingerprint density at radius 3 is 2.71 bits per heavy atom. The van der Waals surface area contributed by atoms with Gasteiger partial charge in [-0.2, -0.15) is 0 Å². The Kier molecular flexibility index (Phi) is 7.06. The third kappa shape index (κ3) is 5.23. The molecule has 1 aliphatic rings. The second-order valence-electron chi connectivity index (χ2n) is 6.17. The highest BCUT2D eigenvalue weighted by Crippen LogP contribution is 2.22. The normalized spacial score (nSPS) is 18.4. The molecule has 6 heteroatoms. The molecule has 2 atom stereocenters. The highest BCUT2D eigenvalue weighted by atomic mass is 16.5. The van der Waals surface area contributed by atoms with Crippen LogP contribution in [0.25, 0.3) is 0 Å². The maximum Gasteiger partial charge on any atom is 0.317 e. The molecule has 0 aromatic heterocycles. The maximum atomic E-state index is 12.5. The molecule has 0 bridgehead atoms. The molecule has 0 saturated carbocycles. The van der Waals surface area contributed by atoms with E-state index >= 15 is 0 Å². The number of carboxylic acids is 1. The van der Waals surface area contributed by atoms with Crippen molar-refractivity contribution in [1.82, 2.24) is 10.2 Å². The molecule has 132 valence electrons. The van der Waals surface area contributed by atoms with Gasteiger partial charge in [0.2, 0.25) is 0 Å². The largest absolute Gasteiger partial charge is 0.481 e. The fraction of sp³-hybridized carbons (Fsp3) is 0.556. The summed E-state index contributed by atoms with van der Waals surface area (Å²) in [6.45, 7) is 1.49. The number of hydrogen-bond acceptors (Lipinski definition) is 3. The second-order valence-corrected chi connectivity index (χ2v) is 6.17. The van der Waals surface area contributed by atoms with Crippen LogP contribution < -0.4 is 5.32 Å². The molecule has 1 aromatic carbocycles. The lowest BCUT2D eigenvalue weighted by Crippen LogP contribution is -2.40. The number of nitrogens with one attached hydrogen (secondary N) is 1. The molecule has 0 spiro atoms. The van der Waals surface area contributed by atoms with Crippen molar-refractivity contribution in [3.63, 3.8) is 0 Å². The van der Waals surface area contributed by atoms with Crippen molar-refractivity contribution < 1.29 is 19.4 Å². The van der Waals surface area contributed by atoms with Crippen molar-refractivity contribution in [2.24, 2.45) is 5.92 Å². The van der Waals surface area contributed by atoms with E-state index in [2.05, 4.69) is 5.32 Å². The maximum absolute atomic E-state index is 12.5. The van der Waals surface area contributed by atoms with Crippen LogP contribution in [0.15, 0.2) is 30.3 Å². The van der Waals surface area contributed by atoms with E-state index in [0.717, 1.165) is 24.8 Å². The molecular formula is C18H26N2O4. The zero-order valence-corrected chi connectivity index (χ0v) is 14.1. The number of ether oxygens (including phenoxy) is 1. The number of carboxylic acid groups (broad SMARTS) is 1. The molecule has 2 N–H and O–H groups in total. The molecular weight excluding hydrogens is 308 g/mol. The summed E-state index contributed by atoms with van der Waals surface area (Å²) in [4.78, 5) is 25.1. The first kappa shape index (κ1) is 18.3. The summed E-state index contributed by atoms with van der Waals surface area (Å²) in [5.74, 6) is -1.28. The van der Waals surface area contributed by atoms with E-state index in [1.807, 2.05) is 30.3 Å². The number of rotatable bonds is 8. The Bertz CT molecular complexity index is 535.